The molecule has 0 saturated carbocycles. The van der Waals surface area contributed by atoms with Gasteiger partial charge in [0.05, 0.1) is 16.9 Å². The van der Waals surface area contributed by atoms with Gasteiger partial charge in [0.2, 0.25) is 0 Å². The Kier molecular flexibility index (Phi) is 7.43. The van der Waals surface area contributed by atoms with Crippen LogP contribution < -0.4 is 10.9 Å². The van der Waals surface area contributed by atoms with Gasteiger partial charge in [-0.2, -0.15) is 0 Å². The van der Waals surface area contributed by atoms with Crippen LogP contribution in [0.15, 0.2) is 27.5 Å². The summed E-state index contributed by atoms with van der Waals surface area (Å²) in [5, 5.41) is 13.1. The molecule has 2 aromatic rings. The first-order valence-electron chi connectivity index (χ1n) is 10.3. The summed E-state index contributed by atoms with van der Waals surface area (Å²) in [6.45, 7) is 7.11. The van der Waals surface area contributed by atoms with Crippen LogP contribution >= 0.6 is 15.9 Å². The Morgan fingerprint density at radius 1 is 1.41 bits per heavy atom. The van der Waals surface area contributed by atoms with Gasteiger partial charge in [-0.15, -0.1) is 0 Å². The van der Waals surface area contributed by atoms with E-state index in [9.17, 15) is 9.59 Å². The fourth-order valence-electron chi connectivity index (χ4n) is 4.14. The van der Waals surface area contributed by atoms with E-state index < -0.39 is 5.97 Å². The molecule has 0 bridgehead atoms. The molecule has 1 fully saturated rings. The number of hydrogen-bond donors (Lipinski definition) is 2. The number of benzene rings is 1. The number of halogens is 1. The van der Waals surface area contributed by atoms with E-state index in [-0.39, 0.29) is 24.1 Å². The molecule has 2 heterocycles. The second-order valence-corrected chi connectivity index (χ2v) is 8.48. The first kappa shape index (κ1) is 21.9. The maximum Gasteiger partial charge on any atom is 0.303 e. The molecule has 1 saturated heterocycles. The molecular weight excluding hydrogens is 436 g/mol. The van der Waals surface area contributed by atoms with Gasteiger partial charge in [-0.05, 0) is 38.0 Å². The number of aliphatic carboxylic acids is 1. The molecule has 1 aliphatic rings. The molecule has 0 amide bonds. The van der Waals surface area contributed by atoms with Crippen molar-refractivity contribution in [3.8, 4) is 0 Å². The second-order valence-electron chi connectivity index (χ2n) is 7.56. The van der Waals surface area contributed by atoms with E-state index in [0.29, 0.717) is 18.4 Å². The molecule has 0 unspecified atom stereocenters. The van der Waals surface area contributed by atoms with Crippen LogP contribution in [0, 0.1) is 0 Å². The molecule has 29 heavy (non-hydrogen) atoms. The molecule has 8 heteroatoms. The normalized spacial score (nSPS) is 18.8. The van der Waals surface area contributed by atoms with Crippen molar-refractivity contribution in [3.05, 3.63) is 38.9 Å². The number of carbonyl (C=O) groups is 1. The highest BCUT2D eigenvalue weighted by atomic mass is 79.9. The van der Waals surface area contributed by atoms with E-state index in [1.165, 1.54) is 0 Å². The van der Waals surface area contributed by atoms with E-state index in [0.717, 1.165) is 48.3 Å². The Morgan fingerprint density at radius 2 is 2.21 bits per heavy atom. The highest BCUT2D eigenvalue weighted by molar-refractivity contribution is 9.10. The minimum Gasteiger partial charge on any atom is -0.481 e. The van der Waals surface area contributed by atoms with Gasteiger partial charge in [-0.3, -0.25) is 19.1 Å². The summed E-state index contributed by atoms with van der Waals surface area (Å²) in [6.07, 6.45) is 2.64. The highest BCUT2D eigenvalue weighted by Gasteiger charge is 2.29. The van der Waals surface area contributed by atoms with Crippen molar-refractivity contribution in [2.24, 2.45) is 0 Å². The third-order valence-corrected chi connectivity index (χ3v) is 6.05. The van der Waals surface area contributed by atoms with Gasteiger partial charge in [-0.25, -0.2) is 4.98 Å². The third kappa shape index (κ3) is 5.05. The molecule has 3 rings (SSSR count). The molecule has 0 radical (unpaired) electrons. The standard InChI is InChI=1S/C21H29BrN4O3/c1-3-5-18(25-11-10-23-15(13-25)7-9-19(27)28)20-24-17-8-6-14(22)12-16(17)21(29)26(20)4-2/h6,8,12,15,18,23H,3-5,7,9-11,13H2,1-2H3,(H,27,28)/t15-,18+/m0/s1. The van der Waals surface area contributed by atoms with Crippen LogP contribution in [0.25, 0.3) is 10.9 Å². The van der Waals surface area contributed by atoms with Gasteiger partial charge in [0.25, 0.3) is 5.56 Å². The maximum absolute atomic E-state index is 13.2. The molecule has 2 N–H and O–H groups in total. The lowest BCUT2D eigenvalue weighted by atomic mass is 10.0. The molecule has 2 atom stereocenters. The monoisotopic (exact) mass is 464 g/mol. The molecule has 158 valence electrons. The van der Waals surface area contributed by atoms with Crippen molar-refractivity contribution in [2.75, 3.05) is 19.6 Å². The second kappa shape index (κ2) is 9.82. The van der Waals surface area contributed by atoms with Gasteiger partial charge in [0, 0.05) is 43.1 Å². The van der Waals surface area contributed by atoms with Crippen molar-refractivity contribution in [1.29, 1.82) is 0 Å². The quantitative estimate of drug-likeness (QED) is 0.623. The van der Waals surface area contributed by atoms with Crippen LogP contribution in [0.5, 0.6) is 0 Å². The van der Waals surface area contributed by atoms with Crippen molar-refractivity contribution < 1.29 is 9.90 Å². The lowest BCUT2D eigenvalue weighted by molar-refractivity contribution is -0.137. The Morgan fingerprint density at radius 3 is 2.90 bits per heavy atom. The number of fused-ring (bicyclic) bond motifs is 1. The SMILES string of the molecule is CCC[C@H](c1nc2ccc(Br)cc2c(=O)n1CC)N1CCN[C@@H](CCC(=O)O)C1. The zero-order chi connectivity index (χ0) is 21.0. The van der Waals surface area contributed by atoms with Gasteiger partial charge >= 0.3 is 5.97 Å². The highest BCUT2D eigenvalue weighted by Crippen LogP contribution is 2.27. The van der Waals surface area contributed by atoms with Crippen LogP contribution in [0.2, 0.25) is 0 Å². The largest absolute Gasteiger partial charge is 0.481 e. The fraction of sp³-hybridized carbons (Fsp3) is 0.571. The summed E-state index contributed by atoms with van der Waals surface area (Å²) in [5.41, 5.74) is 0.712. The van der Waals surface area contributed by atoms with Crippen molar-refractivity contribution in [2.45, 2.75) is 58.2 Å². The lowest BCUT2D eigenvalue weighted by Gasteiger charge is -2.39. The van der Waals surface area contributed by atoms with Crippen molar-refractivity contribution >= 4 is 32.8 Å². The number of nitrogens with one attached hydrogen (secondary N) is 1. The third-order valence-electron chi connectivity index (χ3n) is 5.56. The average Bonchev–Trinajstić information content (AvgIpc) is 2.71. The molecule has 0 spiro atoms. The van der Waals surface area contributed by atoms with Crippen molar-refractivity contribution in [3.63, 3.8) is 0 Å². The van der Waals surface area contributed by atoms with Crippen LogP contribution in [-0.2, 0) is 11.3 Å². The molecule has 1 aromatic heterocycles. The first-order chi connectivity index (χ1) is 13.9. The van der Waals surface area contributed by atoms with Gasteiger partial charge in [0.15, 0.2) is 0 Å². The lowest BCUT2D eigenvalue weighted by Crippen LogP contribution is -2.52. The summed E-state index contributed by atoms with van der Waals surface area (Å²) >= 11 is 3.45. The van der Waals surface area contributed by atoms with E-state index in [1.807, 2.05) is 25.1 Å². The van der Waals surface area contributed by atoms with E-state index in [2.05, 4.69) is 33.1 Å². The zero-order valence-corrected chi connectivity index (χ0v) is 18.6. The molecule has 7 nitrogen and oxygen atoms in total. The van der Waals surface area contributed by atoms with E-state index in [1.54, 1.807) is 4.57 Å². The number of carboxylic acids is 1. The summed E-state index contributed by atoms with van der Waals surface area (Å²) < 4.78 is 2.66. The molecule has 0 aliphatic carbocycles. The smallest absolute Gasteiger partial charge is 0.303 e. The number of hydrogen-bond acceptors (Lipinski definition) is 5. The van der Waals surface area contributed by atoms with Crippen LogP contribution in [-0.4, -0.2) is 51.2 Å². The summed E-state index contributed by atoms with van der Waals surface area (Å²) in [7, 11) is 0. The van der Waals surface area contributed by atoms with Crippen LogP contribution in [0.4, 0.5) is 0 Å². The molecule has 1 aliphatic heterocycles. The Hall–Kier alpha value is -1.77. The molecule has 1 aromatic carbocycles. The van der Waals surface area contributed by atoms with E-state index in [4.69, 9.17) is 10.1 Å². The number of carboxylic acid groups (broad SMARTS) is 1. The average molecular weight is 465 g/mol. The Bertz CT molecular complexity index is 930. The minimum absolute atomic E-state index is 0.00698. The predicted octanol–water partition coefficient (Wildman–Crippen LogP) is 3.16. The number of rotatable bonds is 8. The van der Waals surface area contributed by atoms with Gasteiger partial charge in [-0.1, -0.05) is 29.3 Å². The minimum atomic E-state index is -0.767. The fourth-order valence-corrected chi connectivity index (χ4v) is 4.51. The maximum atomic E-state index is 13.2. The van der Waals surface area contributed by atoms with E-state index >= 15 is 0 Å². The summed E-state index contributed by atoms with van der Waals surface area (Å²) in [4.78, 5) is 31.4. The Balaban J connectivity index is 1.98. The van der Waals surface area contributed by atoms with Crippen LogP contribution in [0.3, 0.4) is 0 Å². The topological polar surface area (TPSA) is 87.5 Å². The van der Waals surface area contributed by atoms with Gasteiger partial charge in [0.1, 0.15) is 5.82 Å². The summed E-state index contributed by atoms with van der Waals surface area (Å²) in [5.74, 6) is 0.0456. The molecular formula is C21H29BrN4O3. The number of nitrogens with zero attached hydrogens (tertiary/aromatic N) is 3. The number of piperazine rings is 1. The van der Waals surface area contributed by atoms with Crippen molar-refractivity contribution in [1.82, 2.24) is 19.8 Å². The van der Waals surface area contributed by atoms with Gasteiger partial charge < -0.3 is 10.4 Å². The number of aromatic nitrogens is 2. The summed E-state index contributed by atoms with van der Waals surface area (Å²) in [6, 6.07) is 5.81. The Labute approximate surface area is 179 Å². The first-order valence-corrected chi connectivity index (χ1v) is 11.1. The zero-order valence-electron chi connectivity index (χ0n) is 17.0. The predicted molar refractivity (Wildman–Crippen MR) is 117 cm³/mol. The van der Waals surface area contributed by atoms with Crippen LogP contribution in [0.1, 0.15) is 51.4 Å².